The van der Waals surface area contributed by atoms with E-state index in [1.54, 1.807) is 6.07 Å². The van der Waals surface area contributed by atoms with Crippen LogP contribution >= 0.6 is 27.5 Å². The van der Waals surface area contributed by atoms with E-state index in [9.17, 15) is 4.79 Å². The van der Waals surface area contributed by atoms with E-state index in [2.05, 4.69) is 26.1 Å². The Morgan fingerprint density at radius 1 is 1.11 bits per heavy atom. The third-order valence-electron chi connectivity index (χ3n) is 4.79. The molecule has 0 saturated carbocycles. The summed E-state index contributed by atoms with van der Waals surface area (Å²) in [6.45, 7) is 1.32. The van der Waals surface area contributed by atoms with Crippen LogP contribution in [0.5, 0.6) is 0 Å². The predicted molar refractivity (Wildman–Crippen MR) is 107 cm³/mol. The van der Waals surface area contributed by atoms with Gasteiger partial charge in [-0.1, -0.05) is 41.0 Å². The van der Waals surface area contributed by atoms with E-state index in [0.717, 1.165) is 22.9 Å². The fourth-order valence-corrected chi connectivity index (χ4v) is 3.96. The lowest BCUT2D eigenvalue weighted by atomic mass is 9.96. The first-order chi connectivity index (χ1) is 13.1. The van der Waals surface area contributed by atoms with Crippen LogP contribution in [0.4, 0.5) is 0 Å². The molecule has 1 aromatic heterocycles. The van der Waals surface area contributed by atoms with Gasteiger partial charge in [0.15, 0.2) is 0 Å². The normalized spacial score (nSPS) is 15.1. The Kier molecular flexibility index (Phi) is 5.27. The monoisotopic (exact) mass is 445 g/mol. The van der Waals surface area contributed by atoms with E-state index >= 15 is 0 Å². The molecule has 0 spiro atoms. The highest BCUT2D eigenvalue weighted by molar-refractivity contribution is 9.10. The van der Waals surface area contributed by atoms with Gasteiger partial charge in [0, 0.05) is 29.0 Å². The van der Waals surface area contributed by atoms with Gasteiger partial charge in [0.2, 0.25) is 11.7 Å². The van der Waals surface area contributed by atoms with Crippen molar-refractivity contribution < 1.29 is 9.32 Å². The van der Waals surface area contributed by atoms with Crippen molar-refractivity contribution in [3.05, 3.63) is 69.5 Å². The molecule has 1 fully saturated rings. The molecule has 27 heavy (non-hydrogen) atoms. The van der Waals surface area contributed by atoms with Gasteiger partial charge < -0.3 is 9.42 Å². The molecule has 0 atom stereocenters. The number of carbonyl (C=O) groups excluding carboxylic acids is 1. The Morgan fingerprint density at radius 2 is 1.81 bits per heavy atom. The molecule has 2 heterocycles. The number of amides is 1. The maximum atomic E-state index is 12.7. The molecular formula is C20H17BrClN3O2. The molecule has 0 N–H and O–H groups in total. The van der Waals surface area contributed by atoms with Gasteiger partial charge in [-0.2, -0.15) is 4.98 Å². The summed E-state index contributed by atoms with van der Waals surface area (Å²) in [5.41, 5.74) is 1.45. The first-order valence-corrected chi connectivity index (χ1v) is 9.93. The predicted octanol–water partition coefficient (Wildman–Crippen LogP) is 5.17. The van der Waals surface area contributed by atoms with Crippen molar-refractivity contribution in [2.24, 2.45) is 0 Å². The highest BCUT2D eigenvalue weighted by Gasteiger charge is 2.28. The van der Waals surface area contributed by atoms with Crippen LogP contribution in [0.3, 0.4) is 0 Å². The summed E-state index contributed by atoms with van der Waals surface area (Å²) < 4.78 is 6.30. The van der Waals surface area contributed by atoms with Crippen molar-refractivity contribution in [2.45, 2.75) is 18.8 Å². The quantitative estimate of drug-likeness (QED) is 0.557. The zero-order valence-corrected chi connectivity index (χ0v) is 16.8. The fraction of sp³-hybridized carbons (Fsp3) is 0.250. The van der Waals surface area contributed by atoms with Crippen LogP contribution in [0.1, 0.15) is 35.0 Å². The van der Waals surface area contributed by atoms with Gasteiger partial charge in [0.25, 0.3) is 5.91 Å². The Bertz CT molecular complexity index is 967. The number of nitrogens with zero attached hydrogens (tertiary/aromatic N) is 3. The van der Waals surface area contributed by atoms with E-state index in [-0.39, 0.29) is 11.8 Å². The number of hydrogen-bond donors (Lipinski definition) is 0. The lowest BCUT2D eigenvalue weighted by molar-refractivity contribution is 0.0703. The van der Waals surface area contributed by atoms with Gasteiger partial charge in [0.05, 0.1) is 10.6 Å². The second kappa shape index (κ2) is 7.82. The summed E-state index contributed by atoms with van der Waals surface area (Å²) in [4.78, 5) is 19.1. The zero-order valence-electron chi connectivity index (χ0n) is 14.4. The van der Waals surface area contributed by atoms with Gasteiger partial charge in [-0.3, -0.25) is 4.79 Å². The van der Waals surface area contributed by atoms with Crippen molar-refractivity contribution in [1.29, 1.82) is 0 Å². The van der Waals surface area contributed by atoms with Crippen LogP contribution in [-0.2, 0) is 0 Å². The molecule has 5 nitrogen and oxygen atoms in total. The second-order valence-electron chi connectivity index (χ2n) is 6.48. The first kappa shape index (κ1) is 18.2. The lowest BCUT2D eigenvalue weighted by Crippen LogP contribution is -2.38. The van der Waals surface area contributed by atoms with Gasteiger partial charge in [0.1, 0.15) is 0 Å². The highest BCUT2D eigenvalue weighted by atomic mass is 79.9. The van der Waals surface area contributed by atoms with Crippen molar-refractivity contribution in [1.82, 2.24) is 15.0 Å². The topological polar surface area (TPSA) is 59.2 Å². The summed E-state index contributed by atoms with van der Waals surface area (Å²) in [6, 6.07) is 14.9. The molecule has 1 amide bonds. The van der Waals surface area contributed by atoms with Crippen LogP contribution in [-0.4, -0.2) is 34.0 Å². The summed E-state index contributed by atoms with van der Waals surface area (Å²) >= 11 is 9.66. The van der Waals surface area contributed by atoms with Crippen molar-refractivity contribution in [3.63, 3.8) is 0 Å². The molecule has 7 heteroatoms. The second-order valence-corrected chi connectivity index (χ2v) is 7.74. The minimum Gasteiger partial charge on any atom is -0.339 e. The molecular weight excluding hydrogens is 430 g/mol. The standard InChI is InChI=1S/C20H17BrClN3O2/c21-16-7-3-1-5-14(16)20(26)25-11-9-13(10-12-25)19-23-18(24-27-19)15-6-2-4-8-17(15)22/h1-8,13H,9-12H2. The zero-order chi connectivity index (χ0) is 18.8. The smallest absolute Gasteiger partial charge is 0.254 e. The molecule has 3 aromatic rings. The van der Waals surface area contributed by atoms with E-state index < -0.39 is 0 Å². The molecule has 1 aliphatic heterocycles. The lowest BCUT2D eigenvalue weighted by Gasteiger charge is -2.30. The van der Waals surface area contributed by atoms with Crippen molar-refractivity contribution in [2.75, 3.05) is 13.1 Å². The van der Waals surface area contributed by atoms with Crippen molar-refractivity contribution in [3.8, 4) is 11.4 Å². The Morgan fingerprint density at radius 3 is 2.56 bits per heavy atom. The third kappa shape index (κ3) is 3.77. The van der Waals surface area contributed by atoms with Gasteiger partial charge >= 0.3 is 0 Å². The molecule has 1 saturated heterocycles. The van der Waals surface area contributed by atoms with E-state index in [1.165, 1.54) is 0 Å². The van der Waals surface area contributed by atoms with Crippen LogP contribution in [0.15, 0.2) is 57.5 Å². The number of piperidine rings is 1. The molecule has 138 valence electrons. The number of likely N-dealkylation sites (tertiary alicyclic amines) is 1. The van der Waals surface area contributed by atoms with Gasteiger partial charge in [-0.05, 0) is 53.0 Å². The SMILES string of the molecule is O=C(c1ccccc1Br)N1CCC(c2nc(-c3ccccc3Cl)no2)CC1. The number of hydrogen-bond acceptors (Lipinski definition) is 4. The average molecular weight is 447 g/mol. The number of rotatable bonds is 3. The van der Waals surface area contributed by atoms with Gasteiger partial charge in [-0.25, -0.2) is 0 Å². The molecule has 1 aliphatic rings. The highest BCUT2D eigenvalue weighted by Crippen LogP contribution is 2.31. The van der Waals surface area contributed by atoms with E-state index in [0.29, 0.717) is 35.4 Å². The van der Waals surface area contributed by atoms with Crippen LogP contribution in [0.2, 0.25) is 5.02 Å². The largest absolute Gasteiger partial charge is 0.339 e. The Balaban J connectivity index is 1.44. The number of aromatic nitrogens is 2. The van der Waals surface area contributed by atoms with E-state index in [1.807, 2.05) is 47.4 Å². The minimum absolute atomic E-state index is 0.0446. The Labute approximate surface area is 170 Å². The first-order valence-electron chi connectivity index (χ1n) is 8.76. The maximum Gasteiger partial charge on any atom is 0.254 e. The molecule has 0 radical (unpaired) electrons. The summed E-state index contributed by atoms with van der Waals surface area (Å²) in [5.74, 6) is 1.31. The average Bonchev–Trinajstić information content (AvgIpc) is 3.18. The molecule has 4 rings (SSSR count). The van der Waals surface area contributed by atoms with Crippen LogP contribution in [0.25, 0.3) is 11.4 Å². The van der Waals surface area contributed by atoms with Crippen LogP contribution in [0, 0.1) is 0 Å². The summed E-state index contributed by atoms with van der Waals surface area (Å²) in [7, 11) is 0. The molecule has 0 bridgehead atoms. The number of carbonyl (C=O) groups is 1. The summed E-state index contributed by atoms with van der Waals surface area (Å²) in [5, 5.41) is 4.67. The number of halogens is 2. The minimum atomic E-state index is 0.0446. The van der Waals surface area contributed by atoms with E-state index in [4.69, 9.17) is 16.1 Å². The Hall–Kier alpha value is -2.18. The maximum absolute atomic E-state index is 12.7. The fourth-order valence-electron chi connectivity index (χ4n) is 3.29. The van der Waals surface area contributed by atoms with Crippen molar-refractivity contribution >= 4 is 33.4 Å². The number of benzene rings is 2. The molecule has 2 aromatic carbocycles. The molecule has 0 aliphatic carbocycles. The van der Waals surface area contributed by atoms with Gasteiger partial charge in [-0.15, -0.1) is 0 Å². The summed E-state index contributed by atoms with van der Waals surface area (Å²) in [6.07, 6.45) is 1.58. The third-order valence-corrected chi connectivity index (χ3v) is 5.81. The van der Waals surface area contributed by atoms with Crippen LogP contribution < -0.4 is 0 Å². The molecule has 0 unspecified atom stereocenters.